The number of rotatable bonds is 11. The Kier molecular flexibility index (Phi) is 9.98. The number of hydrogen-bond acceptors (Lipinski definition) is 0. The van der Waals surface area contributed by atoms with E-state index in [1.807, 2.05) is 0 Å². The van der Waals surface area contributed by atoms with Crippen molar-refractivity contribution in [2.24, 2.45) is 0 Å². The van der Waals surface area contributed by atoms with E-state index < -0.39 is 0 Å². The summed E-state index contributed by atoms with van der Waals surface area (Å²) in [4.78, 5) is 1.28. The van der Waals surface area contributed by atoms with Gasteiger partial charge in [-0.15, -0.1) is 0 Å². The highest BCUT2D eigenvalue weighted by molar-refractivity contribution is 9.09. The zero-order chi connectivity index (χ0) is 13.9. The Hall–Kier alpha value is 0.240. The molecule has 1 aromatic heterocycles. The lowest BCUT2D eigenvalue weighted by Gasteiger charge is -2.14. The Balaban J connectivity index is 2.01. The van der Waals surface area contributed by atoms with Crippen LogP contribution >= 0.6 is 31.9 Å². The number of unbranched alkanes of at least 4 members (excludes halogenated alkanes) is 4. The van der Waals surface area contributed by atoms with E-state index in [9.17, 15) is 0 Å². The summed E-state index contributed by atoms with van der Waals surface area (Å²) < 4.78 is 2.24. The third kappa shape index (κ3) is 8.91. The normalized spacial score (nSPS) is 14.5. The molecule has 0 saturated carbocycles. The highest BCUT2D eigenvalue weighted by atomic mass is 79.9. The Morgan fingerprint density at radius 2 is 1.47 bits per heavy atom. The van der Waals surface area contributed by atoms with E-state index in [4.69, 9.17) is 0 Å². The Labute approximate surface area is 135 Å². The molecule has 0 amide bonds. The number of alkyl halides is 2. The molecule has 1 aromatic rings. The Morgan fingerprint density at radius 3 is 2.16 bits per heavy atom. The first kappa shape index (κ1) is 17.3. The second-order valence-corrected chi connectivity index (χ2v) is 7.94. The molecule has 1 rings (SSSR count). The molecule has 0 aliphatic heterocycles. The predicted octanol–water partition coefficient (Wildman–Crippen LogP) is 6.16. The van der Waals surface area contributed by atoms with Crippen LogP contribution in [0.3, 0.4) is 0 Å². The van der Waals surface area contributed by atoms with E-state index in [2.05, 4.69) is 67.9 Å². The first-order valence-corrected chi connectivity index (χ1v) is 9.44. The van der Waals surface area contributed by atoms with Gasteiger partial charge in [0.1, 0.15) is 0 Å². The molecule has 110 valence electrons. The molecule has 0 bridgehead atoms. The van der Waals surface area contributed by atoms with Crippen LogP contribution in [0, 0.1) is 0 Å². The second-order valence-electron chi connectivity index (χ2n) is 5.35. The minimum absolute atomic E-state index is 0.583. The van der Waals surface area contributed by atoms with Crippen LogP contribution in [0.4, 0.5) is 0 Å². The molecule has 0 aliphatic rings. The fourth-order valence-electron chi connectivity index (χ4n) is 2.29. The van der Waals surface area contributed by atoms with Crippen LogP contribution in [0.2, 0.25) is 0 Å². The number of aromatic nitrogens is 1. The molecule has 0 spiro atoms. The molecule has 3 heteroatoms. The van der Waals surface area contributed by atoms with Gasteiger partial charge in [0.15, 0.2) is 0 Å². The molecule has 0 aromatic carbocycles. The summed E-state index contributed by atoms with van der Waals surface area (Å²) in [6.45, 7) is 3.34. The van der Waals surface area contributed by atoms with Crippen molar-refractivity contribution in [2.75, 3.05) is 0 Å². The second kappa shape index (κ2) is 11.0. The average molecular weight is 393 g/mol. The largest absolute Gasteiger partial charge is 0.353 e. The van der Waals surface area contributed by atoms with Gasteiger partial charge in [-0.2, -0.15) is 0 Å². The Bertz CT molecular complexity index is 298. The molecule has 19 heavy (non-hydrogen) atoms. The van der Waals surface area contributed by atoms with Crippen molar-refractivity contribution in [1.82, 2.24) is 4.57 Å². The maximum Gasteiger partial charge on any atom is 0.0345 e. The van der Waals surface area contributed by atoms with Crippen LogP contribution in [-0.2, 0) is 6.54 Å². The zero-order valence-electron chi connectivity index (χ0n) is 12.0. The number of hydrogen-bond donors (Lipinski definition) is 0. The van der Waals surface area contributed by atoms with E-state index >= 15 is 0 Å². The van der Waals surface area contributed by atoms with E-state index in [1.165, 1.54) is 51.4 Å². The van der Waals surface area contributed by atoms with Crippen molar-refractivity contribution in [3.8, 4) is 0 Å². The lowest BCUT2D eigenvalue weighted by Crippen LogP contribution is -2.10. The van der Waals surface area contributed by atoms with Gasteiger partial charge in [0.2, 0.25) is 0 Å². The molecule has 0 N–H and O–H groups in total. The van der Waals surface area contributed by atoms with Gasteiger partial charge in [0, 0.05) is 28.6 Å². The van der Waals surface area contributed by atoms with Gasteiger partial charge in [-0.25, -0.2) is 0 Å². The van der Waals surface area contributed by atoms with Crippen LogP contribution in [-0.4, -0.2) is 14.2 Å². The van der Waals surface area contributed by atoms with Crippen LogP contribution in [0.15, 0.2) is 24.5 Å². The molecule has 0 fully saturated rings. The predicted molar refractivity (Wildman–Crippen MR) is 92.5 cm³/mol. The molecular weight excluding hydrogens is 366 g/mol. The smallest absolute Gasteiger partial charge is 0.0345 e. The highest BCUT2D eigenvalue weighted by Crippen LogP contribution is 2.21. The third-order valence-electron chi connectivity index (χ3n) is 3.49. The van der Waals surface area contributed by atoms with E-state index in [0.29, 0.717) is 9.65 Å². The number of halogens is 2. The van der Waals surface area contributed by atoms with Crippen molar-refractivity contribution in [1.29, 1.82) is 0 Å². The van der Waals surface area contributed by atoms with Crippen LogP contribution in [0.25, 0.3) is 0 Å². The summed E-state index contributed by atoms with van der Waals surface area (Å²) in [7, 11) is 0. The number of nitrogens with zero attached hydrogens (tertiary/aromatic N) is 1. The van der Waals surface area contributed by atoms with Gasteiger partial charge in [-0.1, -0.05) is 70.9 Å². The highest BCUT2D eigenvalue weighted by Gasteiger charge is 2.09. The third-order valence-corrected chi connectivity index (χ3v) is 5.15. The summed E-state index contributed by atoms with van der Waals surface area (Å²) in [5.74, 6) is 0. The maximum absolute atomic E-state index is 3.83. The summed E-state index contributed by atoms with van der Waals surface area (Å²) in [5.41, 5.74) is 0. The lowest BCUT2D eigenvalue weighted by atomic mass is 10.1. The maximum atomic E-state index is 3.83. The monoisotopic (exact) mass is 391 g/mol. The summed E-state index contributed by atoms with van der Waals surface area (Å²) in [6, 6.07) is 4.17. The summed E-state index contributed by atoms with van der Waals surface area (Å²) in [6.07, 6.45) is 15.0. The minimum Gasteiger partial charge on any atom is -0.353 e. The molecule has 1 nitrogen and oxygen atoms in total. The minimum atomic E-state index is 0.583. The van der Waals surface area contributed by atoms with Crippen molar-refractivity contribution in [3.05, 3.63) is 24.5 Å². The van der Waals surface area contributed by atoms with Gasteiger partial charge in [-0.3, -0.25) is 0 Å². The van der Waals surface area contributed by atoms with Crippen molar-refractivity contribution < 1.29 is 0 Å². The molecule has 0 radical (unpaired) electrons. The van der Waals surface area contributed by atoms with Gasteiger partial charge >= 0.3 is 0 Å². The van der Waals surface area contributed by atoms with Gasteiger partial charge in [0.05, 0.1) is 0 Å². The fourth-order valence-corrected chi connectivity index (χ4v) is 3.47. The van der Waals surface area contributed by atoms with Gasteiger partial charge in [-0.05, 0) is 31.4 Å². The zero-order valence-corrected chi connectivity index (χ0v) is 15.2. The molecule has 1 heterocycles. The van der Waals surface area contributed by atoms with Gasteiger partial charge in [0.25, 0.3) is 0 Å². The first-order chi connectivity index (χ1) is 9.22. The van der Waals surface area contributed by atoms with E-state index in [1.54, 1.807) is 0 Å². The van der Waals surface area contributed by atoms with Crippen molar-refractivity contribution >= 4 is 31.9 Å². The quantitative estimate of drug-likeness (QED) is 0.314. The van der Waals surface area contributed by atoms with E-state index in [-0.39, 0.29) is 0 Å². The summed E-state index contributed by atoms with van der Waals surface area (Å²) in [5, 5.41) is 0. The summed E-state index contributed by atoms with van der Waals surface area (Å²) >= 11 is 7.61. The topological polar surface area (TPSA) is 4.93 Å². The standard InChI is InChI=1S/C16H27Br2N/c1-2-3-4-5-6-9-15(17)10-11-16(18)14-19-12-7-8-13-19/h7-8,12-13,15-16H,2-6,9-11,14H2,1H3. The molecular formula is C16H27Br2N. The first-order valence-electron chi connectivity index (χ1n) is 7.61. The SMILES string of the molecule is CCCCCCCC(Br)CCC(Br)Cn1cccc1. The van der Waals surface area contributed by atoms with E-state index in [0.717, 1.165) is 6.54 Å². The fraction of sp³-hybridized carbons (Fsp3) is 0.750. The molecule has 0 aliphatic carbocycles. The lowest BCUT2D eigenvalue weighted by molar-refractivity contribution is 0.557. The molecule has 2 unspecified atom stereocenters. The van der Waals surface area contributed by atoms with Crippen LogP contribution < -0.4 is 0 Å². The van der Waals surface area contributed by atoms with Crippen LogP contribution in [0.1, 0.15) is 58.3 Å². The molecule has 2 atom stereocenters. The van der Waals surface area contributed by atoms with Crippen molar-refractivity contribution in [3.63, 3.8) is 0 Å². The molecule has 0 saturated heterocycles. The van der Waals surface area contributed by atoms with Crippen LogP contribution in [0.5, 0.6) is 0 Å². The Morgan fingerprint density at radius 1 is 0.842 bits per heavy atom. The van der Waals surface area contributed by atoms with Gasteiger partial charge < -0.3 is 4.57 Å². The average Bonchev–Trinajstić information content (AvgIpc) is 2.89. The van der Waals surface area contributed by atoms with Crippen molar-refractivity contribution in [2.45, 2.75) is 74.5 Å².